The number of benzene rings is 2. The zero-order chi connectivity index (χ0) is 19.3. The van der Waals surface area contributed by atoms with Crippen LogP contribution in [0.2, 0.25) is 0 Å². The summed E-state index contributed by atoms with van der Waals surface area (Å²) < 4.78 is 26.0. The first-order valence-electron chi connectivity index (χ1n) is 8.41. The number of aryl methyl sites for hydroxylation is 1. The van der Waals surface area contributed by atoms with Gasteiger partial charge in [0, 0.05) is 11.5 Å². The number of esters is 1. The second-order valence-electron chi connectivity index (χ2n) is 6.08. The molecule has 0 amide bonds. The van der Waals surface area contributed by atoms with Crippen LogP contribution in [-0.2, 0) is 9.53 Å². The van der Waals surface area contributed by atoms with Crippen molar-refractivity contribution in [2.24, 2.45) is 0 Å². The Hall–Kier alpha value is -2.69. The van der Waals surface area contributed by atoms with Gasteiger partial charge in [-0.25, -0.2) is 9.18 Å². The molecular formula is C21H23FO4. The molecular weight excluding hydrogens is 335 g/mol. The molecule has 0 fully saturated rings. The smallest absolute Gasteiger partial charge is 0.352 e. The van der Waals surface area contributed by atoms with Crippen LogP contribution in [0.3, 0.4) is 0 Å². The Balaban J connectivity index is 2.62. The van der Waals surface area contributed by atoms with Gasteiger partial charge in [0.15, 0.2) is 0 Å². The number of halogens is 1. The molecule has 0 aliphatic heterocycles. The number of ketones is 1. The van der Waals surface area contributed by atoms with Crippen molar-refractivity contribution in [3.8, 4) is 5.75 Å². The SMILES string of the molecule is CC[C@@H](c1cccc(OC)c1)[C@](F)(C(=O)OC)C(=O)c1ccccc1C. The van der Waals surface area contributed by atoms with Crippen molar-refractivity contribution in [2.45, 2.75) is 31.9 Å². The summed E-state index contributed by atoms with van der Waals surface area (Å²) in [5, 5.41) is 0. The molecule has 0 saturated heterocycles. The quantitative estimate of drug-likeness (QED) is 0.422. The van der Waals surface area contributed by atoms with Gasteiger partial charge in [-0.2, -0.15) is 0 Å². The maximum Gasteiger partial charge on any atom is 0.352 e. The first kappa shape index (κ1) is 19.6. The van der Waals surface area contributed by atoms with E-state index in [4.69, 9.17) is 9.47 Å². The fourth-order valence-electron chi connectivity index (χ4n) is 3.17. The van der Waals surface area contributed by atoms with E-state index in [0.29, 0.717) is 16.9 Å². The van der Waals surface area contributed by atoms with Crippen molar-refractivity contribution in [2.75, 3.05) is 14.2 Å². The van der Waals surface area contributed by atoms with Crippen LogP contribution in [0.25, 0.3) is 0 Å². The molecule has 2 aromatic carbocycles. The van der Waals surface area contributed by atoms with Crippen LogP contribution in [0.4, 0.5) is 4.39 Å². The number of Topliss-reactive ketones (excluding diaryl/α,β-unsaturated/α-hetero) is 1. The molecule has 2 aromatic rings. The Kier molecular flexibility index (Phi) is 6.14. The molecule has 2 rings (SSSR count). The summed E-state index contributed by atoms with van der Waals surface area (Å²) in [7, 11) is 2.58. The number of carbonyl (C=O) groups excluding carboxylic acids is 2. The minimum absolute atomic E-state index is 0.168. The molecule has 0 saturated carbocycles. The highest BCUT2D eigenvalue weighted by molar-refractivity contribution is 6.16. The van der Waals surface area contributed by atoms with E-state index < -0.39 is 23.3 Å². The van der Waals surface area contributed by atoms with Crippen LogP contribution in [-0.4, -0.2) is 31.6 Å². The zero-order valence-corrected chi connectivity index (χ0v) is 15.4. The summed E-state index contributed by atoms with van der Waals surface area (Å²) in [6.45, 7) is 3.43. The van der Waals surface area contributed by atoms with Crippen LogP contribution in [0, 0.1) is 6.92 Å². The van der Waals surface area contributed by atoms with Crippen molar-refractivity contribution in [1.82, 2.24) is 0 Å². The molecule has 0 aliphatic carbocycles. The molecule has 26 heavy (non-hydrogen) atoms. The van der Waals surface area contributed by atoms with Crippen molar-refractivity contribution in [3.05, 3.63) is 65.2 Å². The summed E-state index contributed by atoms with van der Waals surface area (Å²) in [6.07, 6.45) is 0.233. The molecule has 0 bridgehead atoms. The number of alkyl halides is 1. The van der Waals surface area contributed by atoms with E-state index in [2.05, 4.69) is 0 Å². The van der Waals surface area contributed by atoms with Gasteiger partial charge in [0.25, 0.3) is 5.67 Å². The Labute approximate surface area is 152 Å². The van der Waals surface area contributed by atoms with Crippen molar-refractivity contribution >= 4 is 11.8 Å². The van der Waals surface area contributed by atoms with Gasteiger partial charge in [-0.1, -0.05) is 43.3 Å². The number of carbonyl (C=O) groups is 2. The van der Waals surface area contributed by atoms with Gasteiger partial charge in [-0.3, -0.25) is 4.79 Å². The standard InChI is InChI=1S/C21H23FO4/c1-5-18(15-10-8-11-16(13-15)25-3)21(22,20(24)26-4)19(23)17-12-7-6-9-14(17)2/h6-13,18H,5H2,1-4H3/t18-,21+/m0/s1. The Morgan fingerprint density at radius 3 is 2.38 bits per heavy atom. The molecule has 4 nitrogen and oxygen atoms in total. The Bertz CT molecular complexity index is 802. The fourth-order valence-corrected chi connectivity index (χ4v) is 3.17. The van der Waals surface area contributed by atoms with Crippen LogP contribution in [0.5, 0.6) is 5.75 Å². The largest absolute Gasteiger partial charge is 0.497 e. The lowest BCUT2D eigenvalue weighted by atomic mass is 9.76. The van der Waals surface area contributed by atoms with Crippen molar-refractivity contribution in [3.63, 3.8) is 0 Å². The normalized spacial score (nSPS) is 14.2. The lowest BCUT2D eigenvalue weighted by Gasteiger charge is -2.30. The fraction of sp³-hybridized carbons (Fsp3) is 0.333. The molecule has 0 radical (unpaired) electrons. The van der Waals surface area contributed by atoms with E-state index in [1.807, 2.05) is 0 Å². The average molecular weight is 358 g/mol. The van der Waals surface area contributed by atoms with E-state index in [0.717, 1.165) is 7.11 Å². The van der Waals surface area contributed by atoms with Gasteiger partial charge in [0.2, 0.25) is 5.78 Å². The van der Waals surface area contributed by atoms with Crippen LogP contribution >= 0.6 is 0 Å². The van der Waals surface area contributed by atoms with Crippen molar-refractivity contribution < 1.29 is 23.5 Å². The monoisotopic (exact) mass is 358 g/mol. The van der Waals surface area contributed by atoms with E-state index in [1.54, 1.807) is 56.3 Å². The zero-order valence-electron chi connectivity index (χ0n) is 15.4. The first-order chi connectivity index (χ1) is 12.4. The molecule has 0 unspecified atom stereocenters. The topological polar surface area (TPSA) is 52.6 Å². The number of rotatable bonds is 7. The Morgan fingerprint density at radius 2 is 1.81 bits per heavy atom. The maximum absolute atomic E-state index is 16.2. The summed E-state index contributed by atoms with van der Waals surface area (Å²) >= 11 is 0. The van der Waals surface area contributed by atoms with Crippen LogP contribution in [0.15, 0.2) is 48.5 Å². The van der Waals surface area contributed by atoms with Gasteiger partial charge in [0.1, 0.15) is 5.75 Å². The summed E-state index contributed by atoms with van der Waals surface area (Å²) in [4.78, 5) is 25.5. The van der Waals surface area contributed by atoms with E-state index in [9.17, 15) is 9.59 Å². The van der Waals surface area contributed by atoms with Crippen molar-refractivity contribution in [1.29, 1.82) is 0 Å². The summed E-state index contributed by atoms with van der Waals surface area (Å²) in [5.74, 6) is -2.56. The minimum atomic E-state index is -2.83. The lowest BCUT2D eigenvalue weighted by molar-refractivity contribution is -0.152. The number of hydrogen-bond acceptors (Lipinski definition) is 4. The average Bonchev–Trinajstić information content (AvgIpc) is 2.67. The molecule has 0 N–H and O–H groups in total. The predicted octanol–water partition coefficient (Wildman–Crippen LogP) is 4.26. The maximum atomic E-state index is 16.2. The number of methoxy groups -OCH3 is 2. The minimum Gasteiger partial charge on any atom is -0.497 e. The second-order valence-corrected chi connectivity index (χ2v) is 6.08. The van der Waals surface area contributed by atoms with Gasteiger partial charge in [-0.05, 0) is 36.6 Å². The molecule has 0 aliphatic rings. The number of ether oxygens (including phenoxy) is 2. The van der Waals surface area contributed by atoms with Gasteiger partial charge < -0.3 is 9.47 Å². The highest BCUT2D eigenvalue weighted by Crippen LogP contribution is 2.40. The second kappa shape index (κ2) is 8.13. The highest BCUT2D eigenvalue weighted by atomic mass is 19.1. The molecule has 138 valence electrons. The highest BCUT2D eigenvalue weighted by Gasteiger charge is 2.54. The third-order valence-electron chi connectivity index (χ3n) is 4.59. The number of hydrogen-bond donors (Lipinski definition) is 0. The predicted molar refractivity (Wildman–Crippen MR) is 97.4 cm³/mol. The van der Waals surface area contributed by atoms with Gasteiger partial charge in [-0.15, -0.1) is 0 Å². The molecule has 0 aromatic heterocycles. The summed E-state index contributed by atoms with van der Waals surface area (Å²) in [5.41, 5.74) is -1.56. The van der Waals surface area contributed by atoms with E-state index in [1.165, 1.54) is 13.2 Å². The molecule has 5 heteroatoms. The molecule has 0 spiro atoms. The van der Waals surface area contributed by atoms with Crippen LogP contribution in [0.1, 0.15) is 40.7 Å². The van der Waals surface area contributed by atoms with E-state index in [-0.39, 0.29) is 12.0 Å². The summed E-state index contributed by atoms with van der Waals surface area (Å²) in [6, 6.07) is 13.4. The Morgan fingerprint density at radius 1 is 1.12 bits per heavy atom. The molecule has 2 atom stereocenters. The molecule has 0 heterocycles. The van der Waals surface area contributed by atoms with E-state index >= 15 is 4.39 Å². The third kappa shape index (κ3) is 3.47. The lowest BCUT2D eigenvalue weighted by Crippen LogP contribution is -2.48. The van der Waals surface area contributed by atoms with Gasteiger partial charge >= 0.3 is 5.97 Å². The third-order valence-corrected chi connectivity index (χ3v) is 4.59. The van der Waals surface area contributed by atoms with Crippen LogP contribution < -0.4 is 4.74 Å². The van der Waals surface area contributed by atoms with Gasteiger partial charge in [0.05, 0.1) is 14.2 Å². The first-order valence-corrected chi connectivity index (χ1v) is 8.41.